The molecular weight excluding hydrogens is 367 g/mol. The minimum Gasteiger partial charge on any atom is -0.508 e. The van der Waals surface area contributed by atoms with Gasteiger partial charge in [-0.3, -0.25) is 4.79 Å². The van der Waals surface area contributed by atoms with Crippen LogP contribution in [-0.4, -0.2) is 15.6 Å². The standard InChI is InChI=1S/C24H27FN2O2/c1-3-4-8-21-23(18-6-5-7-19(25)15-18)22(24(26)29)16(2)27(21)14-13-17-9-11-20(28)12-10-17/h5-7,9-12,15,28H,3-4,8,13-14H2,1-2H3,(H2,26,29). The third kappa shape index (κ3) is 4.50. The van der Waals surface area contributed by atoms with E-state index >= 15 is 0 Å². The number of benzene rings is 2. The Hall–Kier alpha value is -3.08. The Balaban J connectivity index is 2.09. The van der Waals surface area contributed by atoms with Gasteiger partial charge in [0.2, 0.25) is 0 Å². The summed E-state index contributed by atoms with van der Waals surface area (Å²) in [6, 6.07) is 13.5. The van der Waals surface area contributed by atoms with Crippen molar-refractivity contribution in [3.63, 3.8) is 0 Å². The molecule has 0 bridgehead atoms. The number of aromatic hydroxyl groups is 1. The van der Waals surface area contributed by atoms with Gasteiger partial charge in [-0.2, -0.15) is 0 Å². The number of halogens is 1. The van der Waals surface area contributed by atoms with E-state index in [1.54, 1.807) is 18.2 Å². The molecule has 3 rings (SSSR count). The molecule has 0 unspecified atom stereocenters. The molecule has 0 aliphatic heterocycles. The van der Waals surface area contributed by atoms with E-state index < -0.39 is 5.91 Å². The highest BCUT2D eigenvalue weighted by atomic mass is 19.1. The second-order valence-corrected chi connectivity index (χ2v) is 7.33. The number of rotatable bonds is 8. The monoisotopic (exact) mass is 394 g/mol. The van der Waals surface area contributed by atoms with E-state index in [9.17, 15) is 14.3 Å². The first-order chi connectivity index (χ1) is 13.9. The lowest BCUT2D eigenvalue weighted by Gasteiger charge is -2.13. The molecular formula is C24H27FN2O2. The highest BCUT2D eigenvalue weighted by Gasteiger charge is 2.24. The highest BCUT2D eigenvalue weighted by molar-refractivity contribution is 6.02. The first-order valence-electron chi connectivity index (χ1n) is 9.98. The number of phenols is 1. The third-order valence-electron chi connectivity index (χ3n) is 5.32. The Labute approximate surface area is 170 Å². The lowest BCUT2D eigenvalue weighted by Crippen LogP contribution is -2.14. The summed E-state index contributed by atoms with van der Waals surface area (Å²) in [5.74, 6) is -0.601. The maximum absolute atomic E-state index is 13.9. The van der Waals surface area contributed by atoms with Crippen molar-refractivity contribution in [1.82, 2.24) is 4.57 Å². The molecule has 152 valence electrons. The molecule has 0 spiro atoms. The van der Waals surface area contributed by atoms with Crippen LogP contribution in [0, 0.1) is 12.7 Å². The van der Waals surface area contributed by atoms with E-state index in [1.165, 1.54) is 12.1 Å². The van der Waals surface area contributed by atoms with Gasteiger partial charge in [-0.15, -0.1) is 0 Å². The molecule has 1 aromatic heterocycles. The van der Waals surface area contributed by atoms with Crippen LogP contribution in [0.15, 0.2) is 48.5 Å². The van der Waals surface area contributed by atoms with Crippen LogP contribution in [0.4, 0.5) is 4.39 Å². The maximum Gasteiger partial charge on any atom is 0.251 e. The van der Waals surface area contributed by atoms with Gasteiger partial charge in [-0.05, 0) is 61.6 Å². The predicted octanol–water partition coefficient (Wildman–Crippen LogP) is 4.99. The van der Waals surface area contributed by atoms with E-state index in [0.717, 1.165) is 48.2 Å². The van der Waals surface area contributed by atoms with E-state index in [2.05, 4.69) is 11.5 Å². The lowest BCUT2D eigenvalue weighted by molar-refractivity contribution is 0.1000. The number of aryl methyl sites for hydroxylation is 1. The smallest absolute Gasteiger partial charge is 0.251 e. The molecule has 0 saturated heterocycles. The predicted molar refractivity (Wildman–Crippen MR) is 114 cm³/mol. The summed E-state index contributed by atoms with van der Waals surface area (Å²) in [7, 11) is 0. The highest BCUT2D eigenvalue weighted by Crippen LogP contribution is 2.34. The van der Waals surface area contributed by atoms with Gasteiger partial charge in [0.15, 0.2) is 0 Å². The SMILES string of the molecule is CCCCc1c(-c2cccc(F)c2)c(C(N)=O)c(C)n1CCc1ccc(O)cc1. The first kappa shape index (κ1) is 20.6. The molecule has 0 atom stereocenters. The minimum atomic E-state index is -0.497. The van der Waals surface area contributed by atoms with Crippen molar-refractivity contribution in [3.05, 3.63) is 76.9 Å². The van der Waals surface area contributed by atoms with Gasteiger partial charge >= 0.3 is 0 Å². The van der Waals surface area contributed by atoms with Crippen LogP contribution >= 0.6 is 0 Å². The van der Waals surface area contributed by atoms with Gasteiger partial charge in [0.05, 0.1) is 5.56 Å². The summed E-state index contributed by atoms with van der Waals surface area (Å²) in [4.78, 5) is 12.3. The van der Waals surface area contributed by atoms with Gasteiger partial charge in [0.1, 0.15) is 11.6 Å². The van der Waals surface area contributed by atoms with Crippen molar-refractivity contribution < 1.29 is 14.3 Å². The Kier molecular flexibility index (Phi) is 6.37. The summed E-state index contributed by atoms with van der Waals surface area (Å²) >= 11 is 0. The van der Waals surface area contributed by atoms with Gasteiger partial charge in [-0.1, -0.05) is 37.6 Å². The normalized spacial score (nSPS) is 11.0. The number of amides is 1. The zero-order valence-corrected chi connectivity index (χ0v) is 16.9. The molecule has 2 aromatic carbocycles. The summed E-state index contributed by atoms with van der Waals surface area (Å²) < 4.78 is 16.1. The van der Waals surface area contributed by atoms with Gasteiger partial charge in [0, 0.05) is 23.5 Å². The first-order valence-corrected chi connectivity index (χ1v) is 9.98. The Morgan fingerprint density at radius 1 is 1.14 bits per heavy atom. The van der Waals surface area contributed by atoms with Crippen molar-refractivity contribution in [2.45, 2.75) is 46.1 Å². The van der Waals surface area contributed by atoms with Crippen LogP contribution < -0.4 is 5.73 Å². The Morgan fingerprint density at radius 3 is 2.48 bits per heavy atom. The molecule has 4 nitrogen and oxygen atoms in total. The Morgan fingerprint density at radius 2 is 1.86 bits per heavy atom. The fourth-order valence-corrected chi connectivity index (χ4v) is 3.86. The third-order valence-corrected chi connectivity index (χ3v) is 5.32. The number of hydrogen-bond donors (Lipinski definition) is 2. The molecule has 3 aromatic rings. The van der Waals surface area contributed by atoms with Gasteiger partial charge in [-0.25, -0.2) is 4.39 Å². The molecule has 0 fully saturated rings. The van der Waals surface area contributed by atoms with Crippen molar-refractivity contribution in [2.75, 3.05) is 0 Å². The molecule has 29 heavy (non-hydrogen) atoms. The summed E-state index contributed by atoms with van der Waals surface area (Å²) in [5.41, 5.74) is 10.5. The maximum atomic E-state index is 13.9. The fourth-order valence-electron chi connectivity index (χ4n) is 3.86. The van der Waals surface area contributed by atoms with E-state index in [-0.39, 0.29) is 11.6 Å². The topological polar surface area (TPSA) is 68.2 Å². The summed E-state index contributed by atoms with van der Waals surface area (Å²) in [6.07, 6.45) is 3.50. The molecule has 0 saturated carbocycles. The Bertz CT molecular complexity index is 1010. The van der Waals surface area contributed by atoms with Crippen molar-refractivity contribution >= 4 is 5.91 Å². The average Bonchev–Trinajstić information content (AvgIpc) is 2.97. The number of unbranched alkanes of at least 4 members (excludes halogenated alkanes) is 1. The van der Waals surface area contributed by atoms with Gasteiger partial charge < -0.3 is 15.4 Å². The molecule has 3 N–H and O–H groups in total. The van der Waals surface area contributed by atoms with Crippen molar-refractivity contribution in [1.29, 1.82) is 0 Å². The van der Waals surface area contributed by atoms with E-state index in [4.69, 9.17) is 5.73 Å². The molecule has 0 radical (unpaired) electrons. The van der Waals surface area contributed by atoms with E-state index in [1.807, 2.05) is 25.1 Å². The molecule has 1 amide bonds. The zero-order chi connectivity index (χ0) is 21.0. The molecule has 1 heterocycles. The molecule has 5 heteroatoms. The average molecular weight is 394 g/mol. The lowest BCUT2D eigenvalue weighted by atomic mass is 9.97. The number of carbonyl (C=O) groups is 1. The number of hydrogen-bond acceptors (Lipinski definition) is 2. The minimum absolute atomic E-state index is 0.235. The van der Waals surface area contributed by atoms with Crippen molar-refractivity contribution in [3.8, 4) is 16.9 Å². The largest absolute Gasteiger partial charge is 0.508 e. The fraction of sp³-hybridized carbons (Fsp3) is 0.292. The quantitative estimate of drug-likeness (QED) is 0.565. The number of primary amides is 1. The van der Waals surface area contributed by atoms with Crippen LogP contribution in [0.25, 0.3) is 11.1 Å². The number of phenolic OH excluding ortho intramolecular Hbond substituents is 1. The number of nitrogens with zero attached hydrogens (tertiary/aromatic N) is 1. The second kappa shape index (κ2) is 8.95. The van der Waals surface area contributed by atoms with Crippen LogP contribution in [0.2, 0.25) is 0 Å². The van der Waals surface area contributed by atoms with Crippen LogP contribution in [-0.2, 0) is 19.4 Å². The number of nitrogens with two attached hydrogens (primary N) is 1. The molecule has 0 aliphatic rings. The summed E-state index contributed by atoms with van der Waals surface area (Å²) in [5, 5.41) is 9.49. The zero-order valence-electron chi connectivity index (χ0n) is 16.9. The number of aromatic nitrogens is 1. The van der Waals surface area contributed by atoms with Crippen LogP contribution in [0.1, 0.15) is 47.1 Å². The second-order valence-electron chi connectivity index (χ2n) is 7.33. The molecule has 0 aliphatic carbocycles. The van der Waals surface area contributed by atoms with E-state index in [0.29, 0.717) is 17.7 Å². The van der Waals surface area contributed by atoms with Crippen LogP contribution in [0.3, 0.4) is 0 Å². The van der Waals surface area contributed by atoms with Gasteiger partial charge in [0.25, 0.3) is 5.91 Å². The summed E-state index contributed by atoms with van der Waals surface area (Å²) in [6.45, 7) is 4.69. The van der Waals surface area contributed by atoms with Crippen molar-refractivity contribution in [2.24, 2.45) is 5.73 Å². The number of carbonyl (C=O) groups excluding carboxylic acids is 1. The van der Waals surface area contributed by atoms with Crippen LogP contribution in [0.5, 0.6) is 5.75 Å².